The van der Waals surface area contributed by atoms with Gasteiger partial charge in [0.2, 0.25) is 11.6 Å². The molecule has 0 saturated heterocycles. The highest BCUT2D eigenvalue weighted by Crippen LogP contribution is 2.36. The lowest BCUT2D eigenvalue weighted by molar-refractivity contribution is -0.118. The van der Waals surface area contributed by atoms with Crippen LogP contribution in [0.5, 0.6) is 0 Å². The van der Waals surface area contributed by atoms with Crippen molar-refractivity contribution in [2.24, 2.45) is 5.73 Å². The minimum Gasteiger partial charge on any atom is -0.438 e. The first-order chi connectivity index (χ1) is 16.1. The molecule has 2 N–H and O–H groups in total. The highest BCUT2D eigenvalue weighted by molar-refractivity contribution is 5.95. The molecule has 0 aliphatic rings. The van der Waals surface area contributed by atoms with E-state index in [1.165, 1.54) is 11.9 Å². The molecule has 1 amide bonds. The number of carbonyl (C=O) groups is 1. The molecule has 0 spiro atoms. The van der Waals surface area contributed by atoms with Crippen molar-refractivity contribution in [2.45, 2.75) is 26.3 Å². The van der Waals surface area contributed by atoms with Crippen molar-refractivity contribution in [1.82, 2.24) is 19.7 Å². The normalized spacial score (nSPS) is 11.2. The van der Waals surface area contributed by atoms with Crippen LogP contribution in [0.4, 0.5) is 0 Å². The zero-order valence-corrected chi connectivity index (χ0v) is 18.2. The van der Waals surface area contributed by atoms with Gasteiger partial charge in [-0.15, -0.1) is 0 Å². The monoisotopic (exact) mass is 437 g/mol. The van der Waals surface area contributed by atoms with E-state index in [-0.39, 0.29) is 5.91 Å². The Labute approximate surface area is 190 Å². The van der Waals surface area contributed by atoms with Crippen LogP contribution in [0.2, 0.25) is 0 Å². The number of hydrogen-bond acceptors (Lipinski definition) is 5. The third-order valence-electron chi connectivity index (χ3n) is 5.54. The van der Waals surface area contributed by atoms with Gasteiger partial charge in [-0.05, 0) is 19.4 Å². The molecule has 33 heavy (non-hydrogen) atoms. The van der Waals surface area contributed by atoms with Crippen molar-refractivity contribution in [2.75, 3.05) is 0 Å². The summed E-state index contributed by atoms with van der Waals surface area (Å²) in [6.07, 6.45) is 4.41. The number of aromatic nitrogens is 4. The summed E-state index contributed by atoms with van der Waals surface area (Å²) < 4.78 is 7.89. The summed E-state index contributed by atoms with van der Waals surface area (Å²) in [4.78, 5) is 20.1. The van der Waals surface area contributed by atoms with Crippen LogP contribution >= 0.6 is 0 Å². The summed E-state index contributed by atoms with van der Waals surface area (Å²) in [6.45, 7) is 2.63. The molecule has 3 aromatic heterocycles. The summed E-state index contributed by atoms with van der Waals surface area (Å²) in [5.74, 6) is 0.420. The van der Waals surface area contributed by atoms with Crippen molar-refractivity contribution >= 4 is 17.0 Å². The van der Waals surface area contributed by atoms with Gasteiger partial charge in [0, 0.05) is 35.9 Å². The summed E-state index contributed by atoms with van der Waals surface area (Å²) in [5, 5.41) is 5.65. The molecule has 5 rings (SSSR count). The molecule has 0 bridgehead atoms. The zero-order chi connectivity index (χ0) is 22.8. The van der Waals surface area contributed by atoms with Crippen LogP contribution < -0.4 is 5.73 Å². The molecule has 0 radical (unpaired) electrons. The summed E-state index contributed by atoms with van der Waals surface area (Å²) in [5.41, 5.74) is 11.4. The van der Waals surface area contributed by atoms with E-state index in [2.05, 4.69) is 41.2 Å². The molecule has 164 valence electrons. The number of carbonyl (C=O) groups excluding carboxylic acids is 1. The second-order valence-corrected chi connectivity index (χ2v) is 8.01. The molecule has 2 aromatic carbocycles. The van der Waals surface area contributed by atoms with E-state index in [9.17, 15) is 4.79 Å². The second-order valence-electron chi connectivity index (χ2n) is 8.01. The fraction of sp³-hybridized carbons (Fsp3) is 0.154. The Morgan fingerprint density at radius 1 is 1.00 bits per heavy atom. The molecule has 7 heteroatoms. The predicted molar refractivity (Wildman–Crippen MR) is 127 cm³/mol. The average Bonchev–Trinajstić information content (AvgIpc) is 3.44. The van der Waals surface area contributed by atoms with Gasteiger partial charge in [-0.1, -0.05) is 60.2 Å². The van der Waals surface area contributed by atoms with E-state index < -0.39 is 0 Å². The van der Waals surface area contributed by atoms with E-state index in [1.807, 2.05) is 47.3 Å². The molecule has 3 heterocycles. The number of nitrogens with two attached hydrogens (primary N) is 1. The SMILES string of the molecule is Cc1ccc(-c2nn(CCCC(N)=O)cc2-c2ncnc3oc(-c4ccccc4)cc23)cc1. The van der Waals surface area contributed by atoms with Gasteiger partial charge in [0.1, 0.15) is 17.8 Å². The van der Waals surface area contributed by atoms with Gasteiger partial charge >= 0.3 is 0 Å². The van der Waals surface area contributed by atoms with Crippen molar-refractivity contribution in [1.29, 1.82) is 0 Å². The van der Waals surface area contributed by atoms with Crippen LogP contribution in [0.1, 0.15) is 18.4 Å². The number of aryl methyl sites for hydroxylation is 2. The van der Waals surface area contributed by atoms with Crippen LogP contribution in [-0.4, -0.2) is 25.7 Å². The van der Waals surface area contributed by atoms with Crippen LogP contribution in [0.25, 0.3) is 44.9 Å². The highest BCUT2D eigenvalue weighted by atomic mass is 16.3. The Bertz CT molecular complexity index is 1420. The van der Waals surface area contributed by atoms with Crippen LogP contribution in [-0.2, 0) is 11.3 Å². The quantitative estimate of drug-likeness (QED) is 0.386. The van der Waals surface area contributed by atoms with Crippen LogP contribution in [0.15, 0.2) is 77.6 Å². The van der Waals surface area contributed by atoms with E-state index in [4.69, 9.17) is 15.2 Å². The molecule has 0 aliphatic carbocycles. The van der Waals surface area contributed by atoms with Gasteiger partial charge in [0.05, 0.1) is 11.1 Å². The number of amides is 1. The largest absolute Gasteiger partial charge is 0.438 e. The number of benzene rings is 2. The van der Waals surface area contributed by atoms with Gasteiger partial charge in [0.25, 0.3) is 0 Å². The number of primary amides is 1. The topological polar surface area (TPSA) is 99.8 Å². The maximum Gasteiger partial charge on any atom is 0.230 e. The number of rotatable bonds is 7. The highest BCUT2D eigenvalue weighted by Gasteiger charge is 2.19. The molecule has 0 unspecified atom stereocenters. The van der Waals surface area contributed by atoms with Gasteiger partial charge in [-0.25, -0.2) is 9.97 Å². The minimum atomic E-state index is -0.314. The number of furan rings is 1. The number of hydrogen-bond donors (Lipinski definition) is 1. The van der Waals surface area contributed by atoms with E-state index in [0.29, 0.717) is 25.1 Å². The lowest BCUT2D eigenvalue weighted by atomic mass is 10.0. The number of nitrogens with zero attached hydrogens (tertiary/aromatic N) is 4. The van der Waals surface area contributed by atoms with Gasteiger partial charge in [-0.3, -0.25) is 9.48 Å². The van der Waals surface area contributed by atoms with Crippen LogP contribution in [0.3, 0.4) is 0 Å². The number of fused-ring (bicyclic) bond motifs is 1. The van der Waals surface area contributed by atoms with Gasteiger partial charge in [-0.2, -0.15) is 5.10 Å². The van der Waals surface area contributed by atoms with Gasteiger partial charge < -0.3 is 10.2 Å². The summed E-state index contributed by atoms with van der Waals surface area (Å²) in [7, 11) is 0. The molecule has 0 aliphatic heterocycles. The lowest BCUT2D eigenvalue weighted by Crippen LogP contribution is -2.11. The fourth-order valence-electron chi connectivity index (χ4n) is 3.86. The Morgan fingerprint density at radius 2 is 1.79 bits per heavy atom. The van der Waals surface area contributed by atoms with Crippen molar-refractivity contribution in [3.8, 4) is 33.8 Å². The second kappa shape index (κ2) is 8.70. The minimum absolute atomic E-state index is 0.314. The van der Waals surface area contributed by atoms with Crippen molar-refractivity contribution in [3.63, 3.8) is 0 Å². The van der Waals surface area contributed by atoms with Crippen molar-refractivity contribution in [3.05, 3.63) is 78.8 Å². The molecule has 7 nitrogen and oxygen atoms in total. The lowest BCUT2D eigenvalue weighted by Gasteiger charge is -2.03. The predicted octanol–water partition coefficient (Wildman–Crippen LogP) is 4.99. The summed E-state index contributed by atoms with van der Waals surface area (Å²) in [6, 6.07) is 20.1. The first-order valence-corrected chi connectivity index (χ1v) is 10.8. The molecule has 0 saturated carbocycles. The molecule has 0 atom stereocenters. The molecule has 5 aromatic rings. The summed E-state index contributed by atoms with van der Waals surface area (Å²) >= 11 is 0. The maximum absolute atomic E-state index is 11.2. The van der Waals surface area contributed by atoms with E-state index >= 15 is 0 Å². The average molecular weight is 438 g/mol. The van der Waals surface area contributed by atoms with E-state index in [0.717, 1.165) is 39.2 Å². The van der Waals surface area contributed by atoms with Gasteiger partial charge in [0.15, 0.2) is 0 Å². The molecular weight excluding hydrogens is 414 g/mol. The van der Waals surface area contributed by atoms with Crippen molar-refractivity contribution < 1.29 is 9.21 Å². The van der Waals surface area contributed by atoms with E-state index in [1.54, 1.807) is 0 Å². The van der Waals surface area contributed by atoms with Crippen LogP contribution in [0, 0.1) is 6.92 Å². The zero-order valence-electron chi connectivity index (χ0n) is 18.2. The first-order valence-electron chi connectivity index (χ1n) is 10.8. The third-order valence-corrected chi connectivity index (χ3v) is 5.54. The first kappa shape index (κ1) is 20.6. The molecule has 0 fully saturated rings. The Morgan fingerprint density at radius 3 is 2.55 bits per heavy atom. The Hall–Kier alpha value is -4.26. The third kappa shape index (κ3) is 4.25. The maximum atomic E-state index is 11.2. The Balaban J connectivity index is 1.62. The smallest absolute Gasteiger partial charge is 0.230 e. The standard InChI is InChI=1S/C26H23N5O2/c1-17-9-11-19(12-10-17)24-21(15-31(30-24)13-5-8-23(27)32)25-20-14-22(18-6-3-2-4-7-18)33-26(20)29-16-28-25/h2-4,6-7,9-12,14-16H,5,8,13H2,1H3,(H2,27,32). The Kier molecular flexibility index (Phi) is 5.44. The fourth-order valence-corrected chi connectivity index (χ4v) is 3.86. The molecular formula is C26H23N5O2.